The van der Waals surface area contributed by atoms with Gasteiger partial charge in [-0.25, -0.2) is 4.99 Å². The molecule has 2 aromatic rings. The third kappa shape index (κ3) is 2.34. The Balaban J connectivity index is 2.55. The van der Waals surface area contributed by atoms with Crippen molar-refractivity contribution in [2.75, 3.05) is 7.11 Å². The largest absolute Gasteiger partial charge is 0.497 e. The molecule has 0 saturated heterocycles. The number of hydrogen-bond acceptors (Lipinski definition) is 2. The van der Waals surface area contributed by atoms with E-state index in [2.05, 4.69) is 15.0 Å². The van der Waals surface area contributed by atoms with Crippen molar-refractivity contribution in [3.05, 3.63) is 24.4 Å². The minimum Gasteiger partial charge on any atom is -0.497 e. The fourth-order valence-corrected chi connectivity index (χ4v) is 1.61. The van der Waals surface area contributed by atoms with E-state index >= 15 is 0 Å². The average Bonchev–Trinajstić information content (AvgIpc) is 2.75. The van der Waals surface area contributed by atoms with E-state index in [0.717, 1.165) is 10.9 Å². The van der Waals surface area contributed by atoms with Crippen molar-refractivity contribution in [1.29, 1.82) is 0 Å². The molecular formula is C11H14N6O. The van der Waals surface area contributed by atoms with Crippen LogP contribution in [0, 0.1) is 0 Å². The summed E-state index contributed by atoms with van der Waals surface area (Å²) in [5.74, 6) is 0.527. The highest BCUT2D eigenvalue weighted by atomic mass is 16.5. The molecule has 0 amide bonds. The number of ether oxygens (including phenoxy) is 1. The van der Waals surface area contributed by atoms with E-state index in [1.165, 1.54) is 0 Å². The number of benzene rings is 1. The Morgan fingerprint density at radius 3 is 2.72 bits per heavy atom. The Hall–Kier alpha value is -2.70. The molecule has 0 radical (unpaired) electrons. The lowest BCUT2D eigenvalue weighted by Gasteiger charge is -2.03. The van der Waals surface area contributed by atoms with Crippen LogP contribution in [-0.4, -0.2) is 24.0 Å². The number of guanidine groups is 2. The van der Waals surface area contributed by atoms with Gasteiger partial charge in [0, 0.05) is 17.6 Å². The summed E-state index contributed by atoms with van der Waals surface area (Å²) in [7, 11) is 1.58. The molecule has 1 heterocycles. The van der Waals surface area contributed by atoms with Crippen LogP contribution >= 0.6 is 0 Å². The quantitative estimate of drug-likeness (QED) is 0.451. The van der Waals surface area contributed by atoms with E-state index in [9.17, 15) is 0 Å². The Labute approximate surface area is 103 Å². The molecule has 7 N–H and O–H groups in total. The number of rotatable bonds is 2. The van der Waals surface area contributed by atoms with Crippen LogP contribution in [0.1, 0.15) is 0 Å². The van der Waals surface area contributed by atoms with Crippen LogP contribution in [0.15, 0.2) is 34.4 Å². The first-order valence-corrected chi connectivity index (χ1v) is 5.19. The highest BCUT2D eigenvalue weighted by Crippen LogP contribution is 2.30. The number of nitrogens with zero attached hydrogens (tertiary/aromatic N) is 2. The van der Waals surface area contributed by atoms with Gasteiger partial charge in [-0.1, -0.05) is 0 Å². The summed E-state index contributed by atoms with van der Waals surface area (Å²) in [6, 6.07) is 5.54. The van der Waals surface area contributed by atoms with Gasteiger partial charge in [-0.05, 0) is 12.1 Å². The monoisotopic (exact) mass is 246 g/mol. The molecule has 1 aromatic heterocycles. The number of methoxy groups -OCH3 is 1. The lowest BCUT2D eigenvalue weighted by molar-refractivity contribution is 0.415. The van der Waals surface area contributed by atoms with Gasteiger partial charge in [0.2, 0.25) is 5.96 Å². The predicted molar refractivity (Wildman–Crippen MR) is 71.9 cm³/mol. The summed E-state index contributed by atoms with van der Waals surface area (Å²) >= 11 is 0. The van der Waals surface area contributed by atoms with Crippen molar-refractivity contribution in [2.45, 2.75) is 0 Å². The number of hydrogen-bond donors (Lipinski definition) is 4. The van der Waals surface area contributed by atoms with E-state index in [1.807, 2.05) is 12.1 Å². The first kappa shape index (κ1) is 11.8. The van der Waals surface area contributed by atoms with Crippen molar-refractivity contribution in [3.8, 4) is 5.75 Å². The number of aliphatic imine (C=N–C) groups is 2. The Bertz CT molecular complexity index is 623. The second-order valence-electron chi connectivity index (χ2n) is 3.60. The molecule has 0 fully saturated rings. The highest BCUT2D eigenvalue weighted by Gasteiger charge is 2.05. The molecule has 0 bridgehead atoms. The molecule has 0 atom stereocenters. The van der Waals surface area contributed by atoms with E-state index in [0.29, 0.717) is 11.4 Å². The molecule has 0 aliphatic rings. The second kappa shape index (κ2) is 4.66. The minimum absolute atomic E-state index is 0.0147. The third-order valence-corrected chi connectivity index (χ3v) is 2.33. The van der Waals surface area contributed by atoms with Crippen molar-refractivity contribution in [3.63, 3.8) is 0 Å². The minimum atomic E-state index is -0.137. The molecule has 7 nitrogen and oxygen atoms in total. The normalized spacial score (nSPS) is 11.5. The van der Waals surface area contributed by atoms with Crippen molar-refractivity contribution in [1.82, 2.24) is 4.98 Å². The summed E-state index contributed by atoms with van der Waals surface area (Å²) < 4.78 is 5.19. The smallest absolute Gasteiger partial charge is 0.223 e. The SMILES string of the molecule is COc1cc(N=C(N)N=C(N)N)c2[nH]ccc2c1. The van der Waals surface area contributed by atoms with E-state index in [4.69, 9.17) is 21.9 Å². The molecule has 94 valence electrons. The molecule has 0 saturated carbocycles. The summed E-state index contributed by atoms with van der Waals surface area (Å²) in [5, 5.41) is 0.964. The van der Waals surface area contributed by atoms with Gasteiger partial charge in [-0.15, -0.1) is 0 Å². The molecular weight excluding hydrogens is 232 g/mol. The number of nitrogens with one attached hydrogen (secondary N) is 1. The highest BCUT2D eigenvalue weighted by molar-refractivity contribution is 5.97. The van der Waals surface area contributed by atoms with Crippen molar-refractivity contribution >= 4 is 28.5 Å². The first-order chi connectivity index (χ1) is 8.60. The Morgan fingerprint density at radius 2 is 2.06 bits per heavy atom. The maximum Gasteiger partial charge on any atom is 0.223 e. The number of aromatic amines is 1. The second-order valence-corrected chi connectivity index (χ2v) is 3.60. The van der Waals surface area contributed by atoms with E-state index in [-0.39, 0.29) is 11.9 Å². The van der Waals surface area contributed by atoms with Gasteiger partial charge in [0.25, 0.3) is 0 Å². The molecule has 0 spiro atoms. The molecule has 1 aromatic carbocycles. The van der Waals surface area contributed by atoms with Crippen LogP contribution in [0.4, 0.5) is 5.69 Å². The maximum atomic E-state index is 5.61. The zero-order valence-electron chi connectivity index (χ0n) is 9.84. The zero-order chi connectivity index (χ0) is 13.1. The fourth-order valence-electron chi connectivity index (χ4n) is 1.61. The zero-order valence-corrected chi connectivity index (χ0v) is 9.84. The topological polar surface area (TPSA) is 128 Å². The Kier molecular flexibility index (Phi) is 3.05. The summed E-state index contributed by atoms with van der Waals surface area (Å²) in [4.78, 5) is 10.9. The van der Waals surface area contributed by atoms with E-state index in [1.54, 1.807) is 19.4 Å². The summed E-state index contributed by atoms with van der Waals surface area (Å²) in [6.07, 6.45) is 1.81. The lowest BCUT2D eigenvalue weighted by Crippen LogP contribution is -2.26. The molecule has 0 aliphatic carbocycles. The van der Waals surface area contributed by atoms with Crippen molar-refractivity contribution in [2.24, 2.45) is 27.2 Å². The first-order valence-electron chi connectivity index (χ1n) is 5.19. The van der Waals surface area contributed by atoms with Crippen LogP contribution in [0.25, 0.3) is 10.9 Å². The van der Waals surface area contributed by atoms with Gasteiger partial charge in [-0.3, -0.25) is 0 Å². The molecule has 7 heteroatoms. The summed E-state index contributed by atoms with van der Waals surface area (Å²) in [5.41, 5.74) is 17.5. The van der Waals surface area contributed by atoms with Gasteiger partial charge in [-0.2, -0.15) is 4.99 Å². The van der Waals surface area contributed by atoms with Crippen LogP contribution < -0.4 is 21.9 Å². The van der Waals surface area contributed by atoms with Crippen LogP contribution in [0.3, 0.4) is 0 Å². The van der Waals surface area contributed by atoms with E-state index < -0.39 is 0 Å². The molecule has 0 unspecified atom stereocenters. The average molecular weight is 246 g/mol. The molecule has 2 rings (SSSR count). The standard InChI is InChI=1S/C11H14N6O/c1-18-7-4-6-2-3-15-9(6)8(5-7)16-11(14)17-10(12)13/h2-5,15H,1H3,(H6,12,13,14,16,17). The number of fused-ring (bicyclic) bond motifs is 1. The number of aromatic nitrogens is 1. The van der Waals surface area contributed by atoms with Gasteiger partial charge in [0.05, 0.1) is 18.3 Å². The van der Waals surface area contributed by atoms with Crippen molar-refractivity contribution < 1.29 is 4.74 Å². The Morgan fingerprint density at radius 1 is 1.28 bits per heavy atom. The number of nitrogens with two attached hydrogens (primary N) is 3. The van der Waals surface area contributed by atoms with Crippen LogP contribution in [-0.2, 0) is 0 Å². The van der Waals surface area contributed by atoms with Gasteiger partial charge < -0.3 is 26.9 Å². The summed E-state index contributed by atoms with van der Waals surface area (Å²) in [6.45, 7) is 0. The van der Waals surface area contributed by atoms with Crippen LogP contribution in [0.2, 0.25) is 0 Å². The van der Waals surface area contributed by atoms with Gasteiger partial charge >= 0.3 is 0 Å². The van der Waals surface area contributed by atoms with Crippen LogP contribution in [0.5, 0.6) is 5.75 Å². The predicted octanol–water partition coefficient (Wildman–Crippen LogP) is 0.396. The molecule has 18 heavy (non-hydrogen) atoms. The number of H-pyrrole nitrogens is 1. The maximum absolute atomic E-state index is 5.61. The van der Waals surface area contributed by atoms with Gasteiger partial charge in [0.15, 0.2) is 5.96 Å². The molecule has 0 aliphatic heterocycles. The van der Waals surface area contributed by atoms with Gasteiger partial charge in [0.1, 0.15) is 5.75 Å². The third-order valence-electron chi connectivity index (χ3n) is 2.33. The fraction of sp³-hybridized carbons (Fsp3) is 0.0909. The lowest BCUT2D eigenvalue weighted by atomic mass is 10.2.